The summed E-state index contributed by atoms with van der Waals surface area (Å²) in [4.78, 5) is 0. The molecule has 0 amide bonds. The van der Waals surface area contributed by atoms with Gasteiger partial charge in [-0.25, -0.2) is 8.37 Å². The summed E-state index contributed by atoms with van der Waals surface area (Å²) in [6.07, 6.45) is 36.0. The van der Waals surface area contributed by atoms with E-state index in [1.54, 1.807) is 0 Å². The Labute approximate surface area is 287 Å². The third kappa shape index (κ3) is 37.2. The van der Waals surface area contributed by atoms with Gasteiger partial charge in [0.1, 0.15) is 36.2 Å². The van der Waals surface area contributed by atoms with Gasteiger partial charge in [-0.1, -0.05) is 190 Å². The molecular formula is C36H74O6S3. The lowest BCUT2D eigenvalue weighted by molar-refractivity contribution is 0.232. The van der Waals surface area contributed by atoms with E-state index in [2.05, 4.69) is 13.8 Å². The van der Waals surface area contributed by atoms with Crippen LogP contribution in [0.3, 0.4) is 0 Å². The SMILES string of the molecule is CCCCCCCCCCCCCCCC[S+]([O-])CCOS(=O)(=O)OCC[S+]([O-])CCCCCCCCCCCCCCCC. The Morgan fingerprint density at radius 1 is 0.378 bits per heavy atom. The van der Waals surface area contributed by atoms with Gasteiger partial charge in [-0.15, -0.1) is 0 Å². The summed E-state index contributed by atoms with van der Waals surface area (Å²) in [6.45, 7) is 4.23. The normalized spacial score (nSPS) is 13.4. The lowest BCUT2D eigenvalue weighted by Gasteiger charge is -2.12. The van der Waals surface area contributed by atoms with Crippen LogP contribution in [0.2, 0.25) is 0 Å². The van der Waals surface area contributed by atoms with Crippen LogP contribution in [0.15, 0.2) is 0 Å². The molecule has 0 aromatic carbocycles. The molecular weight excluding hydrogens is 625 g/mol. The average Bonchev–Trinajstić information content (AvgIpc) is 3.01. The first-order valence-corrected chi connectivity index (χ1v) is 23.5. The highest BCUT2D eigenvalue weighted by Crippen LogP contribution is 2.15. The van der Waals surface area contributed by atoms with E-state index in [1.807, 2.05) is 0 Å². The van der Waals surface area contributed by atoms with E-state index in [1.165, 1.54) is 154 Å². The maximum Gasteiger partial charge on any atom is 0.400 e. The number of rotatable bonds is 38. The summed E-state index contributed by atoms with van der Waals surface area (Å²) < 4.78 is 58.0. The molecule has 0 aliphatic heterocycles. The van der Waals surface area contributed by atoms with Crippen molar-refractivity contribution >= 4 is 32.8 Å². The molecule has 0 aromatic rings. The summed E-state index contributed by atoms with van der Waals surface area (Å²) in [5, 5.41) is 0. The van der Waals surface area contributed by atoms with Gasteiger partial charge < -0.3 is 9.11 Å². The Kier molecular flexibility index (Phi) is 36.2. The molecule has 9 heteroatoms. The highest BCUT2D eigenvalue weighted by Gasteiger charge is 2.16. The minimum Gasteiger partial charge on any atom is -0.616 e. The first-order valence-electron chi connectivity index (χ1n) is 19.1. The van der Waals surface area contributed by atoms with Crippen molar-refractivity contribution in [2.75, 3.05) is 36.2 Å². The van der Waals surface area contributed by atoms with Crippen LogP contribution in [-0.2, 0) is 41.1 Å². The van der Waals surface area contributed by atoms with Crippen LogP contribution in [-0.4, -0.2) is 53.7 Å². The molecule has 0 rings (SSSR count). The second kappa shape index (κ2) is 35.8. The molecule has 2 unspecified atom stereocenters. The quantitative estimate of drug-likeness (QED) is 0.0470. The van der Waals surface area contributed by atoms with E-state index in [0.717, 1.165) is 25.7 Å². The van der Waals surface area contributed by atoms with Crippen molar-refractivity contribution in [3.05, 3.63) is 0 Å². The zero-order chi connectivity index (χ0) is 33.1. The maximum absolute atomic E-state index is 12.2. The first-order chi connectivity index (χ1) is 21.9. The largest absolute Gasteiger partial charge is 0.616 e. The zero-order valence-corrected chi connectivity index (χ0v) is 32.2. The molecule has 272 valence electrons. The van der Waals surface area contributed by atoms with Crippen molar-refractivity contribution in [3.63, 3.8) is 0 Å². The van der Waals surface area contributed by atoms with Crippen LogP contribution >= 0.6 is 0 Å². The molecule has 0 saturated heterocycles. The first kappa shape index (κ1) is 45.5. The monoisotopic (exact) mass is 698 g/mol. The zero-order valence-electron chi connectivity index (χ0n) is 29.7. The van der Waals surface area contributed by atoms with Gasteiger partial charge in [0.2, 0.25) is 0 Å². The summed E-state index contributed by atoms with van der Waals surface area (Å²) in [5.74, 6) is 1.54. The molecule has 0 aliphatic carbocycles. The van der Waals surface area contributed by atoms with Crippen LogP contribution < -0.4 is 0 Å². The lowest BCUT2D eigenvalue weighted by atomic mass is 10.0. The van der Waals surface area contributed by atoms with Gasteiger partial charge in [0.05, 0.1) is 0 Å². The van der Waals surface area contributed by atoms with Crippen LogP contribution in [0, 0.1) is 0 Å². The van der Waals surface area contributed by atoms with Crippen molar-refractivity contribution in [1.29, 1.82) is 0 Å². The van der Waals surface area contributed by atoms with Crippen LogP contribution in [0.1, 0.15) is 194 Å². The minimum atomic E-state index is -4.14. The average molecular weight is 699 g/mol. The maximum atomic E-state index is 12.2. The van der Waals surface area contributed by atoms with Crippen LogP contribution in [0.25, 0.3) is 0 Å². The number of hydrogen-bond donors (Lipinski definition) is 0. The van der Waals surface area contributed by atoms with Gasteiger partial charge in [0, 0.05) is 0 Å². The molecule has 0 N–H and O–H groups in total. The second-order valence-corrected chi connectivity index (χ2v) is 17.6. The summed E-state index contributed by atoms with van der Waals surface area (Å²) in [7, 11) is -4.14. The second-order valence-electron chi connectivity index (χ2n) is 12.9. The predicted octanol–water partition coefficient (Wildman–Crippen LogP) is 10.7. The van der Waals surface area contributed by atoms with Crippen LogP contribution in [0.5, 0.6) is 0 Å². The van der Waals surface area contributed by atoms with Gasteiger partial charge in [0.15, 0.2) is 0 Å². The molecule has 0 aromatic heterocycles. The van der Waals surface area contributed by atoms with Crippen molar-refractivity contribution in [3.8, 4) is 0 Å². The Bertz CT molecular complexity index is 630. The Hall–Kier alpha value is 0.490. The van der Waals surface area contributed by atoms with E-state index in [4.69, 9.17) is 8.37 Å². The smallest absolute Gasteiger partial charge is 0.400 e. The fraction of sp³-hybridized carbons (Fsp3) is 1.00. The molecule has 6 nitrogen and oxygen atoms in total. The lowest BCUT2D eigenvalue weighted by Crippen LogP contribution is -2.22. The molecule has 0 heterocycles. The number of unbranched alkanes of at least 4 members (excludes halogenated alkanes) is 26. The molecule has 0 radical (unpaired) electrons. The van der Waals surface area contributed by atoms with Crippen molar-refractivity contribution < 1.29 is 25.9 Å². The molecule has 0 aliphatic rings. The molecule has 0 spiro atoms. The predicted molar refractivity (Wildman–Crippen MR) is 197 cm³/mol. The van der Waals surface area contributed by atoms with Gasteiger partial charge in [-0.3, -0.25) is 0 Å². The molecule has 2 atom stereocenters. The molecule has 45 heavy (non-hydrogen) atoms. The van der Waals surface area contributed by atoms with E-state index in [0.29, 0.717) is 11.5 Å². The molecule has 0 bridgehead atoms. The standard InChI is InChI=1S/C36H74O6S3/c1-3-5-7-9-11-13-15-17-19-21-23-25-27-29-33-43(37)35-31-41-45(39,40)42-32-36-44(38)34-30-28-26-24-22-20-18-16-14-12-10-8-6-4-2/h3-36H2,1-2H3. The summed E-state index contributed by atoms with van der Waals surface area (Å²) in [5.41, 5.74) is 0. The van der Waals surface area contributed by atoms with Crippen molar-refractivity contribution in [2.24, 2.45) is 0 Å². The van der Waals surface area contributed by atoms with Gasteiger partial charge >= 0.3 is 10.4 Å². The third-order valence-corrected chi connectivity index (χ3v) is 12.2. The van der Waals surface area contributed by atoms with Gasteiger partial charge in [0.25, 0.3) is 0 Å². The third-order valence-electron chi connectivity index (χ3n) is 8.53. The van der Waals surface area contributed by atoms with Crippen LogP contribution in [0.4, 0.5) is 0 Å². The Morgan fingerprint density at radius 3 is 0.844 bits per heavy atom. The summed E-state index contributed by atoms with van der Waals surface area (Å²) >= 11 is -2.18. The fourth-order valence-corrected chi connectivity index (χ4v) is 8.46. The van der Waals surface area contributed by atoms with E-state index < -0.39 is 32.8 Å². The highest BCUT2D eigenvalue weighted by molar-refractivity contribution is 7.91. The van der Waals surface area contributed by atoms with E-state index in [9.17, 15) is 17.5 Å². The van der Waals surface area contributed by atoms with Crippen molar-refractivity contribution in [1.82, 2.24) is 0 Å². The Balaban J connectivity index is 3.49. The van der Waals surface area contributed by atoms with Crippen molar-refractivity contribution in [2.45, 2.75) is 194 Å². The molecule has 0 fully saturated rings. The fourth-order valence-electron chi connectivity index (χ4n) is 5.61. The Morgan fingerprint density at radius 2 is 0.600 bits per heavy atom. The topological polar surface area (TPSA) is 98.7 Å². The summed E-state index contributed by atoms with van der Waals surface area (Å²) in [6, 6.07) is 0. The highest BCUT2D eigenvalue weighted by atomic mass is 32.3. The van der Waals surface area contributed by atoms with Gasteiger partial charge in [-0.05, 0) is 25.7 Å². The molecule has 0 saturated carbocycles. The minimum absolute atomic E-state index is 0.143. The van der Waals surface area contributed by atoms with E-state index in [-0.39, 0.29) is 24.7 Å². The van der Waals surface area contributed by atoms with E-state index >= 15 is 0 Å². The number of hydrogen-bond acceptors (Lipinski definition) is 6. The van der Waals surface area contributed by atoms with Gasteiger partial charge in [-0.2, -0.15) is 8.42 Å².